The van der Waals surface area contributed by atoms with Gasteiger partial charge in [-0.1, -0.05) is 0 Å². The maximum Gasteiger partial charge on any atom is 1.00 e. The zero-order valence-electron chi connectivity index (χ0n) is 9.66. The molecule has 0 spiro atoms. The van der Waals surface area contributed by atoms with Crippen LogP contribution < -0.4 is 29.6 Å². The van der Waals surface area contributed by atoms with Gasteiger partial charge in [0.2, 0.25) is 0 Å². The molecule has 0 unspecified atom stereocenters. The summed E-state index contributed by atoms with van der Waals surface area (Å²) < 4.78 is 35.9. The summed E-state index contributed by atoms with van der Waals surface area (Å²) in [6.45, 7) is 3.73. The molecule has 1 rings (SSSR count). The van der Waals surface area contributed by atoms with Gasteiger partial charge in [0.25, 0.3) is 0 Å². The van der Waals surface area contributed by atoms with E-state index in [-0.39, 0.29) is 72.5 Å². The first-order valence-corrected chi connectivity index (χ1v) is 5.89. The molecule has 0 atom stereocenters. The molecule has 1 saturated heterocycles. The van der Waals surface area contributed by atoms with E-state index in [1.54, 1.807) is 0 Å². The van der Waals surface area contributed by atoms with Crippen molar-refractivity contribution in [2.75, 3.05) is 38.6 Å². The number of nitrogens with zero attached hydrogens (tertiary/aromatic N) is 1. The van der Waals surface area contributed by atoms with Crippen molar-refractivity contribution in [3.05, 3.63) is 0 Å². The van der Waals surface area contributed by atoms with E-state index in [2.05, 4.69) is 4.90 Å². The fourth-order valence-electron chi connectivity index (χ4n) is 1.29. The molecule has 1 fully saturated rings. The SMILES string of the molecule is Cl.Cl.Cl.O=S(=O)([O-])CCCN1CCOCC1.[Na+]. The average molecular weight is 341 g/mol. The van der Waals surface area contributed by atoms with Gasteiger partial charge in [0.1, 0.15) is 0 Å². The molecule has 17 heavy (non-hydrogen) atoms. The van der Waals surface area contributed by atoms with Crippen LogP contribution in [0.3, 0.4) is 0 Å². The van der Waals surface area contributed by atoms with Crippen molar-refractivity contribution in [2.45, 2.75) is 6.42 Å². The van der Waals surface area contributed by atoms with Crippen LogP contribution in [-0.4, -0.2) is 56.5 Å². The van der Waals surface area contributed by atoms with Crippen molar-refractivity contribution >= 4 is 47.3 Å². The van der Waals surface area contributed by atoms with Crippen LogP contribution in [0, 0.1) is 0 Å². The summed E-state index contributed by atoms with van der Waals surface area (Å²) in [6.07, 6.45) is 0.422. The Morgan fingerprint density at radius 3 is 2.00 bits per heavy atom. The van der Waals surface area contributed by atoms with Crippen molar-refractivity contribution in [3.63, 3.8) is 0 Å². The maximum absolute atomic E-state index is 10.3. The fourth-order valence-corrected chi connectivity index (χ4v) is 1.77. The molecule has 1 aliphatic heterocycles. The van der Waals surface area contributed by atoms with Crippen LogP contribution in [0.2, 0.25) is 0 Å². The quantitative estimate of drug-likeness (QED) is 0.419. The van der Waals surface area contributed by atoms with E-state index in [0.717, 1.165) is 13.1 Å². The number of hydrogen-bond acceptors (Lipinski definition) is 5. The van der Waals surface area contributed by atoms with E-state index < -0.39 is 10.1 Å². The zero-order chi connectivity index (χ0) is 9.73. The van der Waals surface area contributed by atoms with Gasteiger partial charge in [-0.2, -0.15) is 0 Å². The summed E-state index contributed by atoms with van der Waals surface area (Å²) >= 11 is 0. The Morgan fingerprint density at radius 2 is 1.59 bits per heavy atom. The van der Waals surface area contributed by atoms with Gasteiger partial charge in [-0.3, -0.25) is 4.90 Å². The molecule has 0 aliphatic carbocycles. The molecule has 0 aromatic heterocycles. The fraction of sp³-hybridized carbons (Fsp3) is 1.00. The van der Waals surface area contributed by atoms with E-state index in [0.29, 0.717) is 26.2 Å². The second-order valence-corrected chi connectivity index (χ2v) is 4.59. The van der Waals surface area contributed by atoms with E-state index in [9.17, 15) is 13.0 Å². The molecule has 0 radical (unpaired) electrons. The predicted molar refractivity (Wildman–Crippen MR) is 68.2 cm³/mol. The Labute approximate surface area is 143 Å². The van der Waals surface area contributed by atoms with Crippen molar-refractivity contribution in [1.82, 2.24) is 4.90 Å². The molecule has 1 aliphatic rings. The topological polar surface area (TPSA) is 69.7 Å². The Balaban J connectivity index is -0.000000211. The Bertz CT molecular complexity index is 250. The summed E-state index contributed by atoms with van der Waals surface area (Å²) in [4.78, 5) is 2.11. The Hall–Kier alpha value is 1.70. The molecule has 0 bridgehead atoms. The van der Waals surface area contributed by atoms with Crippen LogP contribution in [0.4, 0.5) is 0 Å². The van der Waals surface area contributed by atoms with Gasteiger partial charge in [0, 0.05) is 18.8 Å². The van der Waals surface area contributed by atoms with Crippen LogP contribution in [0.1, 0.15) is 6.42 Å². The summed E-state index contributed by atoms with van der Waals surface area (Å²) in [5.41, 5.74) is 0. The molecule has 1 heterocycles. The van der Waals surface area contributed by atoms with Gasteiger partial charge in [-0.05, 0) is 13.0 Å². The van der Waals surface area contributed by atoms with Crippen molar-refractivity contribution in [3.8, 4) is 0 Å². The van der Waals surface area contributed by atoms with Gasteiger partial charge in [-0.15, -0.1) is 37.2 Å². The Morgan fingerprint density at radius 1 is 1.12 bits per heavy atom. The third-order valence-corrected chi connectivity index (χ3v) is 2.76. The number of morpholine rings is 1. The molecule has 10 heteroatoms. The second-order valence-electron chi connectivity index (χ2n) is 3.07. The van der Waals surface area contributed by atoms with E-state index in [1.807, 2.05) is 0 Å². The third-order valence-electron chi connectivity index (χ3n) is 1.97. The first kappa shape index (κ1) is 27.1. The molecule has 0 N–H and O–H groups in total. The first-order chi connectivity index (χ1) is 6.08. The summed E-state index contributed by atoms with van der Waals surface area (Å²) in [6, 6.07) is 0. The smallest absolute Gasteiger partial charge is 0.748 e. The summed E-state index contributed by atoms with van der Waals surface area (Å²) in [5.74, 6) is -0.260. The molecule has 102 valence electrons. The maximum atomic E-state index is 10.3. The van der Waals surface area contributed by atoms with Gasteiger partial charge in [0.05, 0.1) is 23.3 Å². The van der Waals surface area contributed by atoms with Gasteiger partial charge in [-0.25, -0.2) is 8.42 Å². The molecule has 5 nitrogen and oxygen atoms in total. The van der Waals surface area contributed by atoms with Crippen molar-refractivity contribution < 1.29 is 47.3 Å². The number of hydrogen-bond donors (Lipinski definition) is 0. The van der Waals surface area contributed by atoms with Gasteiger partial charge in [0.15, 0.2) is 0 Å². The Kier molecular flexibility index (Phi) is 22.5. The van der Waals surface area contributed by atoms with Crippen molar-refractivity contribution in [2.24, 2.45) is 0 Å². The molecule has 0 amide bonds. The standard InChI is InChI=1S/C7H15NO4S.3ClH.Na/c9-13(10,11)7-1-2-8-3-5-12-6-4-8;;;;/h1-7H2,(H,9,10,11);3*1H;/q;;;;+1/p-1. The van der Waals surface area contributed by atoms with E-state index in [1.165, 1.54) is 0 Å². The molecule has 0 aromatic rings. The molecule has 0 saturated carbocycles. The van der Waals surface area contributed by atoms with Gasteiger partial charge < -0.3 is 9.29 Å². The minimum Gasteiger partial charge on any atom is -0.748 e. The minimum absolute atomic E-state index is 0. The second kappa shape index (κ2) is 14.1. The van der Waals surface area contributed by atoms with E-state index in [4.69, 9.17) is 4.74 Å². The van der Waals surface area contributed by atoms with Crippen molar-refractivity contribution in [1.29, 1.82) is 0 Å². The molecular formula is C7H17Cl3NNaO4S. The number of rotatable bonds is 4. The molecule has 0 aromatic carbocycles. The summed E-state index contributed by atoms with van der Waals surface area (Å²) in [7, 11) is -4.03. The normalized spacial score (nSPS) is 15.6. The van der Waals surface area contributed by atoms with Crippen LogP contribution in [0.5, 0.6) is 0 Å². The van der Waals surface area contributed by atoms with Crippen LogP contribution in [0.25, 0.3) is 0 Å². The zero-order valence-corrected chi connectivity index (χ0v) is 14.9. The molecular weight excluding hydrogens is 323 g/mol. The number of halogens is 3. The average Bonchev–Trinajstić information content (AvgIpc) is 2.04. The number of ether oxygens (including phenoxy) is 1. The van der Waals surface area contributed by atoms with Crippen LogP contribution >= 0.6 is 37.2 Å². The monoisotopic (exact) mass is 339 g/mol. The van der Waals surface area contributed by atoms with Gasteiger partial charge >= 0.3 is 29.6 Å². The first-order valence-electron chi connectivity index (χ1n) is 4.31. The van der Waals surface area contributed by atoms with Crippen LogP contribution in [0.15, 0.2) is 0 Å². The predicted octanol–water partition coefficient (Wildman–Crippen LogP) is -2.48. The van der Waals surface area contributed by atoms with E-state index >= 15 is 0 Å². The summed E-state index contributed by atoms with van der Waals surface area (Å²) in [5, 5.41) is 0. The largest absolute Gasteiger partial charge is 1.00 e. The minimum atomic E-state index is -4.03. The third kappa shape index (κ3) is 15.6. The van der Waals surface area contributed by atoms with Crippen LogP contribution in [-0.2, 0) is 14.9 Å².